The van der Waals surface area contributed by atoms with Crippen LogP contribution in [0.25, 0.3) is 0 Å². The smallest absolute Gasteiger partial charge is 0.407 e. The van der Waals surface area contributed by atoms with E-state index in [-0.39, 0.29) is 6.09 Å². The zero-order valence-electron chi connectivity index (χ0n) is 12.2. The van der Waals surface area contributed by atoms with E-state index in [2.05, 4.69) is 41.8 Å². The number of hydrogen-bond donors (Lipinski definition) is 2. The van der Waals surface area contributed by atoms with Gasteiger partial charge in [-0.05, 0) is 46.2 Å². The Hall–Kier alpha value is -1.71. The van der Waals surface area contributed by atoms with Crippen LogP contribution in [0.15, 0.2) is 24.3 Å². The van der Waals surface area contributed by atoms with Crippen molar-refractivity contribution in [1.29, 1.82) is 0 Å². The largest absolute Gasteiger partial charge is 0.444 e. The average Bonchev–Trinajstić information content (AvgIpc) is 2.29. The van der Waals surface area contributed by atoms with Crippen molar-refractivity contribution >= 4 is 11.8 Å². The van der Waals surface area contributed by atoms with Crippen molar-refractivity contribution in [2.24, 2.45) is 0 Å². The summed E-state index contributed by atoms with van der Waals surface area (Å²) in [5.41, 5.74) is 1.91. The minimum atomic E-state index is -0.440. The Morgan fingerprint density at radius 3 is 2.37 bits per heavy atom. The molecular formula is C15H24N2O2. The molecule has 2 N–H and O–H groups in total. The molecular weight excluding hydrogens is 240 g/mol. The van der Waals surface area contributed by atoms with Gasteiger partial charge in [-0.15, -0.1) is 0 Å². The first-order chi connectivity index (χ1) is 8.87. The van der Waals surface area contributed by atoms with Crippen LogP contribution in [0.3, 0.4) is 0 Å². The number of ether oxygens (including phenoxy) is 1. The molecule has 0 unspecified atom stereocenters. The third-order valence-corrected chi connectivity index (χ3v) is 2.40. The molecule has 0 aliphatic carbocycles. The van der Waals surface area contributed by atoms with Crippen molar-refractivity contribution in [3.05, 3.63) is 29.8 Å². The fourth-order valence-corrected chi connectivity index (χ4v) is 1.50. The molecule has 106 valence electrons. The van der Waals surface area contributed by atoms with Crippen LogP contribution in [-0.2, 0) is 4.74 Å². The number of rotatable bonds is 5. The number of amides is 1. The summed E-state index contributed by atoms with van der Waals surface area (Å²) in [6.45, 7) is 9.05. The van der Waals surface area contributed by atoms with E-state index < -0.39 is 5.60 Å². The maximum atomic E-state index is 11.4. The molecule has 0 atom stereocenters. The van der Waals surface area contributed by atoms with E-state index in [4.69, 9.17) is 4.74 Å². The number of benzene rings is 1. The minimum absolute atomic E-state index is 0.358. The Labute approximate surface area is 115 Å². The van der Waals surface area contributed by atoms with Gasteiger partial charge in [0, 0.05) is 18.8 Å². The summed E-state index contributed by atoms with van der Waals surface area (Å²) in [4.78, 5) is 11.4. The van der Waals surface area contributed by atoms with E-state index in [0.717, 1.165) is 18.7 Å². The topological polar surface area (TPSA) is 50.4 Å². The highest BCUT2D eigenvalue weighted by atomic mass is 16.6. The Bertz CT molecular complexity index is 394. The molecule has 1 rings (SSSR count). The number of anilines is 1. The lowest BCUT2D eigenvalue weighted by Crippen LogP contribution is -2.33. The molecule has 4 nitrogen and oxygen atoms in total. The lowest BCUT2D eigenvalue weighted by Gasteiger charge is -2.19. The van der Waals surface area contributed by atoms with Gasteiger partial charge in [0.15, 0.2) is 0 Å². The van der Waals surface area contributed by atoms with Gasteiger partial charge in [0.1, 0.15) is 5.60 Å². The predicted octanol–water partition coefficient (Wildman–Crippen LogP) is 3.32. The highest BCUT2D eigenvalue weighted by Crippen LogP contribution is 2.08. The lowest BCUT2D eigenvalue weighted by molar-refractivity contribution is 0.0528. The summed E-state index contributed by atoms with van der Waals surface area (Å²) in [6, 6.07) is 8.25. The van der Waals surface area contributed by atoms with Gasteiger partial charge >= 0.3 is 6.09 Å². The zero-order valence-corrected chi connectivity index (χ0v) is 12.2. The maximum Gasteiger partial charge on any atom is 0.407 e. The molecule has 0 aliphatic rings. The second-order valence-corrected chi connectivity index (χ2v) is 5.58. The number of carbonyl (C=O) groups excluding carboxylic acids is 1. The summed E-state index contributed by atoms with van der Waals surface area (Å²) < 4.78 is 5.15. The Kier molecular flexibility index (Phi) is 5.67. The summed E-state index contributed by atoms with van der Waals surface area (Å²) in [5.74, 6) is 0. The van der Waals surface area contributed by atoms with Crippen molar-refractivity contribution in [2.75, 3.05) is 18.4 Å². The number of hydrogen-bond acceptors (Lipinski definition) is 3. The van der Waals surface area contributed by atoms with Gasteiger partial charge in [-0.25, -0.2) is 4.79 Å². The van der Waals surface area contributed by atoms with Crippen LogP contribution in [0.5, 0.6) is 0 Å². The van der Waals surface area contributed by atoms with Crippen LogP contribution in [0.2, 0.25) is 0 Å². The quantitative estimate of drug-likeness (QED) is 0.802. The first-order valence-corrected chi connectivity index (χ1v) is 6.64. The molecule has 0 heterocycles. The van der Waals surface area contributed by atoms with Crippen LogP contribution in [0.1, 0.15) is 32.8 Å². The van der Waals surface area contributed by atoms with Crippen molar-refractivity contribution in [3.63, 3.8) is 0 Å². The molecule has 19 heavy (non-hydrogen) atoms. The van der Waals surface area contributed by atoms with Crippen molar-refractivity contribution in [3.8, 4) is 0 Å². The van der Waals surface area contributed by atoms with Crippen LogP contribution in [0.4, 0.5) is 10.5 Å². The second kappa shape index (κ2) is 7.02. The van der Waals surface area contributed by atoms with E-state index in [1.165, 1.54) is 5.56 Å². The van der Waals surface area contributed by atoms with Gasteiger partial charge < -0.3 is 15.4 Å². The number of carbonyl (C=O) groups is 1. The van der Waals surface area contributed by atoms with Crippen LogP contribution in [0, 0.1) is 6.92 Å². The number of aryl methyl sites for hydroxylation is 1. The molecule has 1 amide bonds. The Balaban J connectivity index is 2.11. The highest BCUT2D eigenvalue weighted by molar-refractivity contribution is 5.67. The van der Waals surface area contributed by atoms with Gasteiger partial charge in [-0.1, -0.05) is 17.7 Å². The first kappa shape index (κ1) is 15.3. The van der Waals surface area contributed by atoms with E-state index in [1.807, 2.05) is 20.8 Å². The molecule has 4 heteroatoms. The van der Waals surface area contributed by atoms with E-state index in [0.29, 0.717) is 6.54 Å². The van der Waals surface area contributed by atoms with E-state index in [1.54, 1.807) is 0 Å². The molecule has 0 aliphatic heterocycles. The molecule has 0 saturated carbocycles. The third-order valence-electron chi connectivity index (χ3n) is 2.40. The lowest BCUT2D eigenvalue weighted by atomic mass is 10.2. The zero-order chi connectivity index (χ0) is 14.3. The predicted molar refractivity (Wildman–Crippen MR) is 78.5 cm³/mol. The average molecular weight is 264 g/mol. The highest BCUT2D eigenvalue weighted by Gasteiger charge is 2.15. The normalized spacial score (nSPS) is 10.9. The third kappa shape index (κ3) is 7.34. The monoisotopic (exact) mass is 264 g/mol. The summed E-state index contributed by atoms with van der Waals surface area (Å²) in [7, 11) is 0. The van der Waals surface area contributed by atoms with Crippen LogP contribution < -0.4 is 10.6 Å². The number of alkyl carbamates (subject to hydrolysis) is 1. The van der Waals surface area contributed by atoms with E-state index >= 15 is 0 Å². The fraction of sp³-hybridized carbons (Fsp3) is 0.533. The Morgan fingerprint density at radius 2 is 1.79 bits per heavy atom. The summed E-state index contributed by atoms with van der Waals surface area (Å²) >= 11 is 0. The second-order valence-electron chi connectivity index (χ2n) is 5.58. The molecule has 0 bridgehead atoms. The van der Waals surface area contributed by atoms with E-state index in [9.17, 15) is 4.79 Å². The molecule has 1 aromatic rings. The fourth-order valence-electron chi connectivity index (χ4n) is 1.50. The molecule has 1 aromatic carbocycles. The molecule has 0 aromatic heterocycles. The molecule has 0 fully saturated rings. The van der Waals surface area contributed by atoms with Gasteiger partial charge in [-0.3, -0.25) is 0 Å². The van der Waals surface area contributed by atoms with Gasteiger partial charge in [0.05, 0.1) is 0 Å². The summed E-state index contributed by atoms with van der Waals surface area (Å²) in [5, 5.41) is 6.04. The molecule has 0 saturated heterocycles. The van der Waals surface area contributed by atoms with Gasteiger partial charge in [-0.2, -0.15) is 0 Å². The van der Waals surface area contributed by atoms with Crippen LogP contribution >= 0.6 is 0 Å². The maximum absolute atomic E-state index is 11.4. The molecule has 0 radical (unpaired) electrons. The standard InChI is InChI=1S/C15H24N2O2/c1-12-6-8-13(9-7-12)16-10-5-11-17-14(18)19-15(2,3)4/h6-9,16H,5,10-11H2,1-4H3,(H,17,18). The Morgan fingerprint density at radius 1 is 1.16 bits per heavy atom. The number of nitrogens with one attached hydrogen (secondary N) is 2. The molecule has 0 spiro atoms. The van der Waals surface area contributed by atoms with Crippen molar-refractivity contribution in [1.82, 2.24) is 5.32 Å². The minimum Gasteiger partial charge on any atom is -0.444 e. The van der Waals surface area contributed by atoms with Crippen molar-refractivity contribution in [2.45, 2.75) is 39.7 Å². The summed E-state index contributed by atoms with van der Waals surface area (Å²) in [6.07, 6.45) is 0.496. The van der Waals surface area contributed by atoms with Gasteiger partial charge in [0.2, 0.25) is 0 Å². The SMILES string of the molecule is Cc1ccc(NCCCNC(=O)OC(C)(C)C)cc1. The van der Waals surface area contributed by atoms with Gasteiger partial charge in [0.25, 0.3) is 0 Å². The van der Waals surface area contributed by atoms with Crippen molar-refractivity contribution < 1.29 is 9.53 Å². The van der Waals surface area contributed by atoms with Crippen LogP contribution in [-0.4, -0.2) is 24.8 Å². The first-order valence-electron chi connectivity index (χ1n) is 6.64.